The number of carbonyl (C=O) groups excluding carboxylic acids is 2. The number of amides is 2. The third kappa shape index (κ3) is 4.49. The van der Waals surface area contributed by atoms with E-state index in [0.29, 0.717) is 43.5 Å². The van der Waals surface area contributed by atoms with E-state index in [2.05, 4.69) is 15.2 Å². The summed E-state index contributed by atoms with van der Waals surface area (Å²) in [5.74, 6) is 1.72. The average Bonchev–Trinajstić information content (AvgIpc) is 3.27. The molecule has 1 saturated carbocycles. The smallest absolute Gasteiger partial charge is 0.274 e. The van der Waals surface area contributed by atoms with Crippen LogP contribution in [0.4, 0.5) is 0 Å². The molecule has 1 atom stereocenters. The Morgan fingerprint density at radius 3 is 2.83 bits per heavy atom. The van der Waals surface area contributed by atoms with Crippen LogP contribution in [-0.2, 0) is 17.8 Å². The molecule has 1 aliphatic heterocycles. The summed E-state index contributed by atoms with van der Waals surface area (Å²) >= 11 is 0. The summed E-state index contributed by atoms with van der Waals surface area (Å²) in [4.78, 5) is 33.3. The predicted molar refractivity (Wildman–Crippen MR) is 104 cm³/mol. The van der Waals surface area contributed by atoms with Crippen molar-refractivity contribution in [2.24, 2.45) is 0 Å². The maximum atomic E-state index is 12.8. The largest absolute Gasteiger partial charge is 0.339 e. The fourth-order valence-corrected chi connectivity index (χ4v) is 3.89. The van der Waals surface area contributed by atoms with Gasteiger partial charge in [-0.2, -0.15) is 10.1 Å². The van der Waals surface area contributed by atoms with E-state index in [4.69, 9.17) is 4.52 Å². The van der Waals surface area contributed by atoms with Gasteiger partial charge in [-0.15, -0.1) is 0 Å². The Hall–Kier alpha value is -2.71. The van der Waals surface area contributed by atoms with Gasteiger partial charge in [0.2, 0.25) is 11.8 Å². The summed E-state index contributed by atoms with van der Waals surface area (Å²) in [6, 6.07) is 1.75. The molecule has 2 aromatic heterocycles. The number of aromatic nitrogens is 4. The highest BCUT2D eigenvalue weighted by Gasteiger charge is 2.32. The van der Waals surface area contributed by atoms with Gasteiger partial charge in [-0.3, -0.25) is 14.3 Å². The second kappa shape index (κ2) is 8.34. The first kappa shape index (κ1) is 19.6. The van der Waals surface area contributed by atoms with E-state index in [-0.39, 0.29) is 17.9 Å². The van der Waals surface area contributed by atoms with Crippen LogP contribution < -0.4 is 0 Å². The highest BCUT2D eigenvalue weighted by Crippen LogP contribution is 2.38. The van der Waals surface area contributed by atoms with Crippen LogP contribution in [0.1, 0.15) is 67.7 Å². The third-order valence-electron chi connectivity index (χ3n) is 5.70. The Bertz CT molecular complexity index is 871. The first-order chi connectivity index (χ1) is 14.0. The maximum Gasteiger partial charge on any atom is 0.274 e. The number of hydrogen-bond acceptors (Lipinski definition) is 6. The molecule has 0 N–H and O–H groups in total. The lowest BCUT2D eigenvalue weighted by molar-refractivity contribution is -0.132. The first-order valence-electron chi connectivity index (χ1n) is 10.5. The second-order valence-electron chi connectivity index (χ2n) is 7.89. The van der Waals surface area contributed by atoms with E-state index in [9.17, 15) is 9.59 Å². The Morgan fingerprint density at radius 1 is 1.31 bits per heavy atom. The maximum absolute atomic E-state index is 12.8. The minimum atomic E-state index is -0.0716. The van der Waals surface area contributed by atoms with Gasteiger partial charge in [-0.05, 0) is 38.7 Å². The standard InChI is InChI=1S/C20H28N6O3/c1-3-25-11-8-17(22-25)20(28)24-10-4-5-16(13-24)26(14(2)27)12-9-18-21-19(29-23-18)15-6-7-15/h8,11,15-16H,3-7,9-10,12-13H2,1-2H3. The number of piperidine rings is 1. The number of nitrogens with zero attached hydrogens (tertiary/aromatic N) is 6. The molecule has 0 spiro atoms. The highest BCUT2D eigenvalue weighted by molar-refractivity contribution is 5.92. The Balaban J connectivity index is 1.38. The highest BCUT2D eigenvalue weighted by atomic mass is 16.5. The Labute approximate surface area is 170 Å². The van der Waals surface area contributed by atoms with Gasteiger partial charge in [0.25, 0.3) is 5.91 Å². The molecule has 3 heterocycles. The lowest BCUT2D eigenvalue weighted by Gasteiger charge is -2.38. The molecular formula is C20H28N6O3. The zero-order chi connectivity index (χ0) is 20.4. The van der Waals surface area contributed by atoms with E-state index in [1.165, 1.54) is 0 Å². The molecule has 29 heavy (non-hydrogen) atoms. The van der Waals surface area contributed by atoms with Crippen LogP contribution in [0.5, 0.6) is 0 Å². The fourth-order valence-electron chi connectivity index (χ4n) is 3.89. The zero-order valence-electron chi connectivity index (χ0n) is 17.1. The van der Waals surface area contributed by atoms with Crippen molar-refractivity contribution in [3.05, 3.63) is 29.7 Å². The number of aryl methyl sites for hydroxylation is 1. The van der Waals surface area contributed by atoms with Crippen molar-refractivity contribution >= 4 is 11.8 Å². The van der Waals surface area contributed by atoms with Crippen molar-refractivity contribution in [3.8, 4) is 0 Å². The van der Waals surface area contributed by atoms with Crippen LogP contribution in [0.15, 0.2) is 16.8 Å². The predicted octanol–water partition coefficient (Wildman–Crippen LogP) is 1.86. The van der Waals surface area contributed by atoms with Gasteiger partial charge in [-0.25, -0.2) is 0 Å². The van der Waals surface area contributed by atoms with Gasteiger partial charge in [0.15, 0.2) is 5.82 Å². The Kier molecular flexibility index (Phi) is 5.64. The minimum Gasteiger partial charge on any atom is -0.339 e. The topological polar surface area (TPSA) is 97.4 Å². The normalized spacial score (nSPS) is 19.4. The van der Waals surface area contributed by atoms with E-state index in [0.717, 1.165) is 38.1 Å². The third-order valence-corrected chi connectivity index (χ3v) is 5.70. The molecule has 0 radical (unpaired) electrons. The summed E-state index contributed by atoms with van der Waals surface area (Å²) < 4.78 is 7.06. The van der Waals surface area contributed by atoms with E-state index in [1.54, 1.807) is 17.7 Å². The molecule has 156 valence electrons. The number of hydrogen-bond donors (Lipinski definition) is 0. The summed E-state index contributed by atoms with van der Waals surface area (Å²) in [6.45, 7) is 6.03. The molecule has 1 saturated heterocycles. The summed E-state index contributed by atoms with van der Waals surface area (Å²) in [5.41, 5.74) is 0.460. The molecule has 2 amide bonds. The minimum absolute atomic E-state index is 0.00507. The summed E-state index contributed by atoms with van der Waals surface area (Å²) in [5, 5.41) is 8.37. The molecule has 1 aliphatic carbocycles. The van der Waals surface area contributed by atoms with E-state index < -0.39 is 0 Å². The molecule has 2 fully saturated rings. The van der Waals surface area contributed by atoms with Crippen LogP contribution in [0, 0.1) is 0 Å². The molecule has 2 aliphatic rings. The van der Waals surface area contributed by atoms with Crippen molar-refractivity contribution in [1.29, 1.82) is 0 Å². The lowest BCUT2D eigenvalue weighted by Crippen LogP contribution is -2.51. The van der Waals surface area contributed by atoms with Gasteiger partial charge < -0.3 is 14.3 Å². The van der Waals surface area contributed by atoms with Crippen molar-refractivity contribution in [1.82, 2.24) is 29.7 Å². The molecule has 2 aromatic rings. The van der Waals surface area contributed by atoms with Crippen molar-refractivity contribution < 1.29 is 14.1 Å². The lowest BCUT2D eigenvalue weighted by atomic mass is 10.0. The molecule has 0 bridgehead atoms. The van der Waals surface area contributed by atoms with Gasteiger partial charge in [-0.1, -0.05) is 5.16 Å². The molecule has 9 heteroatoms. The summed E-state index contributed by atoms with van der Waals surface area (Å²) in [6.07, 6.45) is 6.35. The number of rotatable bonds is 7. The number of likely N-dealkylation sites (tertiary alicyclic amines) is 1. The fraction of sp³-hybridized carbons (Fsp3) is 0.650. The molecule has 4 rings (SSSR count). The van der Waals surface area contributed by atoms with Crippen molar-refractivity contribution in [2.75, 3.05) is 19.6 Å². The average molecular weight is 400 g/mol. The van der Waals surface area contributed by atoms with Crippen LogP contribution >= 0.6 is 0 Å². The van der Waals surface area contributed by atoms with Gasteiger partial charge >= 0.3 is 0 Å². The van der Waals surface area contributed by atoms with Crippen LogP contribution in [0.3, 0.4) is 0 Å². The molecule has 1 unspecified atom stereocenters. The molecule has 9 nitrogen and oxygen atoms in total. The molecule has 0 aromatic carbocycles. The molecular weight excluding hydrogens is 372 g/mol. The SMILES string of the molecule is CCn1ccc(C(=O)N2CCCC(N(CCc3noc(C4CC4)n3)C(C)=O)C2)n1. The van der Waals surface area contributed by atoms with Crippen LogP contribution in [0.25, 0.3) is 0 Å². The van der Waals surface area contributed by atoms with Crippen LogP contribution in [-0.4, -0.2) is 67.2 Å². The van der Waals surface area contributed by atoms with E-state index >= 15 is 0 Å². The number of carbonyl (C=O) groups is 2. The van der Waals surface area contributed by atoms with Crippen molar-refractivity contribution in [2.45, 2.75) is 64.5 Å². The van der Waals surface area contributed by atoms with Gasteiger partial charge in [0, 0.05) is 57.7 Å². The van der Waals surface area contributed by atoms with Gasteiger partial charge in [0.05, 0.1) is 0 Å². The Morgan fingerprint density at radius 2 is 2.14 bits per heavy atom. The van der Waals surface area contributed by atoms with Crippen molar-refractivity contribution in [3.63, 3.8) is 0 Å². The monoisotopic (exact) mass is 400 g/mol. The van der Waals surface area contributed by atoms with Gasteiger partial charge in [0.1, 0.15) is 5.69 Å². The first-order valence-corrected chi connectivity index (χ1v) is 10.5. The second-order valence-corrected chi connectivity index (χ2v) is 7.89. The summed E-state index contributed by atoms with van der Waals surface area (Å²) in [7, 11) is 0. The van der Waals surface area contributed by atoms with Crippen LogP contribution in [0.2, 0.25) is 0 Å². The van der Waals surface area contributed by atoms with E-state index in [1.807, 2.05) is 22.9 Å². The zero-order valence-corrected chi connectivity index (χ0v) is 17.1. The quantitative estimate of drug-likeness (QED) is 0.704.